The summed E-state index contributed by atoms with van der Waals surface area (Å²) < 4.78 is 15.5. The van der Waals surface area contributed by atoms with Gasteiger partial charge in [-0.25, -0.2) is 0 Å². The highest BCUT2D eigenvalue weighted by atomic mass is 35.5. The van der Waals surface area contributed by atoms with Crippen molar-refractivity contribution in [1.29, 1.82) is 0 Å². The second-order valence-electron chi connectivity index (χ2n) is 3.40. The van der Waals surface area contributed by atoms with Gasteiger partial charge in [0.05, 0.1) is 14.1 Å². The Morgan fingerprint density at radius 1 is 1.19 bits per heavy atom. The number of hydrogen-bond donors (Lipinski definition) is 2. The van der Waals surface area contributed by atoms with E-state index in [1.807, 2.05) is 24.3 Å². The molecule has 0 aliphatic heterocycles. The van der Waals surface area contributed by atoms with Crippen molar-refractivity contribution in [3.8, 4) is 0 Å². The van der Waals surface area contributed by atoms with Crippen LogP contribution in [0.3, 0.4) is 0 Å². The minimum atomic E-state index is 0.0528. The summed E-state index contributed by atoms with van der Waals surface area (Å²) in [5, 5.41) is 3.44. The molecule has 0 aromatic heterocycles. The highest BCUT2D eigenvalue weighted by molar-refractivity contribution is 6.30. The van der Waals surface area contributed by atoms with Crippen LogP contribution in [0.5, 0.6) is 0 Å². The van der Waals surface area contributed by atoms with Crippen LogP contribution in [-0.2, 0) is 6.54 Å². The highest BCUT2D eigenvalue weighted by Gasteiger charge is 1.97. The SMILES string of the molecule is [2H]c1c(Cl)ccc(CNc2ccccc2N)c1[2H]. The van der Waals surface area contributed by atoms with Gasteiger partial charge in [0, 0.05) is 11.6 Å². The van der Waals surface area contributed by atoms with Crippen LogP contribution in [0.2, 0.25) is 5.02 Å². The van der Waals surface area contributed by atoms with E-state index in [9.17, 15) is 0 Å². The summed E-state index contributed by atoms with van der Waals surface area (Å²) in [6, 6.07) is 11.0. The van der Waals surface area contributed by atoms with Crippen LogP contribution in [0.25, 0.3) is 0 Å². The van der Waals surface area contributed by atoms with E-state index in [0.717, 1.165) is 5.69 Å². The van der Waals surface area contributed by atoms with Crippen LogP contribution >= 0.6 is 11.6 Å². The first-order valence-corrected chi connectivity index (χ1v) is 5.30. The fourth-order valence-electron chi connectivity index (χ4n) is 1.35. The van der Waals surface area contributed by atoms with E-state index >= 15 is 0 Å². The first-order chi connectivity index (χ1) is 8.59. The third kappa shape index (κ3) is 2.67. The topological polar surface area (TPSA) is 38.0 Å². The molecule has 0 atom stereocenters. The standard InChI is InChI=1S/C13H13ClN2/c14-11-7-5-10(6-8-11)9-16-13-4-2-1-3-12(13)15/h1-8,16H,9,15H2/i5D,7D. The number of nitrogens with one attached hydrogen (secondary N) is 1. The van der Waals surface area contributed by atoms with Crippen LogP contribution in [0.1, 0.15) is 8.30 Å². The van der Waals surface area contributed by atoms with E-state index in [-0.39, 0.29) is 12.1 Å². The van der Waals surface area contributed by atoms with Crippen molar-refractivity contribution in [3.05, 3.63) is 59.1 Å². The van der Waals surface area contributed by atoms with Crippen molar-refractivity contribution >= 4 is 23.0 Å². The highest BCUT2D eigenvalue weighted by Crippen LogP contribution is 2.18. The number of halogens is 1. The van der Waals surface area contributed by atoms with Gasteiger partial charge in [0.25, 0.3) is 0 Å². The van der Waals surface area contributed by atoms with Crippen molar-refractivity contribution in [2.24, 2.45) is 0 Å². The number of para-hydroxylation sites is 2. The zero-order valence-electron chi connectivity index (χ0n) is 10.6. The Labute approximate surface area is 103 Å². The van der Waals surface area contributed by atoms with Gasteiger partial charge in [0.2, 0.25) is 0 Å². The van der Waals surface area contributed by atoms with Gasteiger partial charge in [-0.15, -0.1) is 0 Å². The molecule has 0 heterocycles. The largest absolute Gasteiger partial charge is 0.397 e. The molecule has 82 valence electrons. The quantitative estimate of drug-likeness (QED) is 0.798. The van der Waals surface area contributed by atoms with Gasteiger partial charge in [-0.3, -0.25) is 0 Å². The van der Waals surface area contributed by atoms with Gasteiger partial charge < -0.3 is 11.1 Å². The maximum atomic E-state index is 7.81. The summed E-state index contributed by atoms with van der Waals surface area (Å²) in [5.41, 5.74) is 8.00. The minimum absolute atomic E-state index is 0.0528. The lowest BCUT2D eigenvalue weighted by atomic mass is 10.2. The molecule has 0 radical (unpaired) electrons. The Bertz CT molecular complexity index is 573. The smallest absolute Gasteiger partial charge is 0.0639 e. The molecule has 16 heavy (non-hydrogen) atoms. The summed E-state index contributed by atoms with van der Waals surface area (Å²) in [6.07, 6.45) is 0. The van der Waals surface area contributed by atoms with Gasteiger partial charge >= 0.3 is 0 Å². The van der Waals surface area contributed by atoms with E-state index in [1.165, 1.54) is 0 Å². The van der Waals surface area contributed by atoms with Crippen LogP contribution in [0.15, 0.2) is 48.5 Å². The Balaban J connectivity index is 2.17. The van der Waals surface area contributed by atoms with Gasteiger partial charge in [-0.1, -0.05) is 35.8 Å². The normalized spacial score (nSPS) is 11.8. The maximum absolute atomic E-state index is 7.81. The number of benzene rings is 2. The first-order valence-electron chi connectivity index (χ1n) is 5.92. The van der Waals surface area contributed by atoms with Crippen molar-refractivity contribution in [2.45, 2.75) is 6.54 Å². The van der Waals surface area contributed by atoms with Gasteiger partial charge in [-0.05, 0) is 29.8 Å². The van der Waals surface area contributed by atoms with Crippen molar-refractivity contribution in [2.75, 3.05) is 11.1 Å². The van der Waals surface area contributed by atoms with E-state index in [1.54, 1.807) is 12.1 Å². The molecule has 2 rings (SSSR count). The molecule has 0 amide bonds. The zero-order chi connectivity index (χ0) is 13.1. The Kier molecular flexibility index (Phi) is 2.60. The summed E-state index contributed by atoms with van der Waals surface area (Å²) in [7, 11) is 0. The molecule has 0 aliphatic rings. The van der Waals surface area contributed by atoms with Crippen LogP contribution in [0.4, 0.5) is 11.4 Å². The van der Waals surface area contributed by atoms with Crippen molar-refractivity contribution < 1.29 is 2.74 Å². The Morgan fingerprint density at radius 2 is 2.00 bits per heavy atom. The lowest BCUT2D eigenvalue weighted by Gasteiger charge is -2.08. The van der Waals surface area contributed by atoms with E-state index < -0.39 is 0 Å². The first kappa shape index (κ1) is 8.48. The third-order valence-corrected chi connectivity index (χ3v) is 2.42. The Morgan fingerprint density at radius 3 is 2.81 bits per heavy atom. The summed E-state index contributed by atoms with van der Waals surface area (Å²) in [4.78, 5) is 0. The molecule has 0 fully saturated rings. The monoisotopic (exact) mass is 234 g/mol. The van der Waals surface area contributed by atoms with Gasteiger partial charge in [0.15, 0.2) is 0 Å². The van der Waals surface area contributed by atoms with Gasteiger partial charge in [0.1, 0.15) is 0 Å². The number of hydrogen-bond acceptors (Lipinski definition) is 2. The summed E-state index contributed by atoms with van der Waals surface area (Å²) in [5.74, 6) is 0. The van der Waals surface area contributed by atoms with Gasteiger partial charge in [-0.2, -0.15) is 0 Å². The van der Waals surface area contributed by atoms with Crippen LogP contribution < -0.4 is 11.1 Å². The fourth-order valence-corrected chi connectivity index (χ4v) is 1.46. The predicted molar refractivity (Wildman–Crippen MR) is 69.6 cm³/mol. The molecule has 0 aliphatic carbocycles. The molecule has 3 N–H and O–H groups in total. The molecular formula is C13H13ClN2. The third-order valence-electron chi connectivity index (χ3n) is 2.20. The van der Waals surface area contributed by atoms with E-state index in [4.69, 9.17) is 20.1 Å². The molecule has 2 nitrogen and oxygen atoms in total. The van der Waals surface area contributed by atoms with Crippen molar-refractivity contribution in [1.82, 2.24) is 0 Å². The summed E-state index contributed by atoms with van der Waals surface area (Å²) in [6.45, 7) is 0.441. The van der Waals surface area contributed by atoms with Crippen LogP contribution in [0, 0.1) is 0 Å². The lowest BCUT2D eigenvalue weighted by Crippen LogP contribution is -2.01. The molecule has 3 heteroatoms. The van der Waals surface area contributed by atoms with Crippen LogP contribution in [-0.4, -0.2) is 0 Å². The number of anilines is 2. The molecule has 0 unspecified atom stereocenters. The average Bonchev–Trinajstić information content (AvgIpc) is 2.37. The molecular weight excluding hydrogens is 220 g/mol. The molecule has 2 aromatic rings. The molecule has 0 spiro atoms. The second-order valence-corrected chi connectivity index (χ2v) is 3.80. The predicted octanol–water partition coefficient (Wildman–Crippen LogP) is 3.53. The zero-order valence-corrected chi connectivity index (χ0v) is 9.38. The number of rotatable bonds is 3. The van der Waals surface area contributed by atoms with E-state index in [0.29, 0.717) is 22.8 Å². The fraction of sp³-hybridized carbons (Fsp3) is 0.0769. The second kappa shape index (κ2) is 4.90. The van der Waals surface area contributed by atoms with Crippen molar-refractivity contribution in [3.63, 3.8) is 0 Å². The minimum Gasteiger partial charge on any atom is -0.397 e. The molecule has 0 bridgehead atoms. The number of nitrogens with two attached hydrogens (primary N) is 1. The maximum Gasteiger partial charge on any atom is 0.0639 e. The molecule has 0 saturated carbocycles. The summed E-state index contributed by atoms with van der Waals surface area (Å²) >= 11 is 5.78. The Hall–Kier alpha value is -1.67. The van der Waals surface area contributed by atoms with E-state index in [2.05, 4.69) is 5.32 Å². The lowest BCUT2D eigenvalue weighted by molar-refractivity contribution is 1.15. The molecule has 2 aromatic carbocycles. The number of nitrogen functional groups attached to an aromatic ring is 1. The average molecular weight is 235 g/mol. The molecule has 0 saturated heterocycles.